The Balaban J connectivity index is 2.24. The molecule has 5 heteroatoms. The van der Waals surface area contributed by atoms with Gasteiger partial charge in [0.1, 0.15) is 0 Å². The van der Waals surface area contributed by atoms with Crippen molar-refractivity contribution in [3.8, 4) is 0 Å². The molecule has 0 radical (unpaired) electrons. The Hall–Kier alpha value is -0.740. The first-order chi connectivity index (χ1) is 6.99. The summed E-state index contributed by atoms with van der Waals surface area (Å²) >= 11 is 5.79. The lowest BCUT2D eigenvalue weighted by Crippen LogP contribution is -2.17. The van der Waals surface area contributed by atoms with Gasteiger partial charge in [-0.15, -0.1) is 0 Å². The van der Waals surface area contributed by atoms with E-state index in [1.54, 1.807) is 18.2 Å². The Morgan fingerprint density at radius 2 is 2.07 bits per heavy atom. The summed E-state index contributed by atoms with van der Waals surface area (Å²) in [6.45, 7) is 1.83. The molecule has 0 aliphatic heterocycles. The molecule has 0 aromatic heterocycles. The van der Waals surface area contributed by atoms with E-state index in [1.807, 2.05) is 6.92 Å². The lowest BCUT2D eigenvalue weighted by molar-refractivity contribution is 0.600. The van der Waals surface area contributed by atoms with Crippen LogP contribution in [-0.2, 0) is 10.0 Å². The fraction of sp³-hybridized carbons (Fsp3) is 0.400. The predicted octanol–water partition coefficient (Wildman–Crippen LogP) is 2.55. The van der Waals surface area contributed by atoms with Gasteiger partial charge >= 0.3 is 0 Å². The van der Waals surface area contributed by atoms with Gasteiger partial charge in [0.05, 0.1) is 10.9 Å². The lowest BCUT2D eigenvalue weighted by Gasteiger charge is -2.09. The topological polar surface area (TPSA) is 46.2 Å². The van der Waals surface area contributed by atoms with Crippen LogP contribution in [0.3, 0.4) is 0 Å². The van der Waals surface area contributed by atoms with E-state index < -0.39 is 10.0 Å². The first kappa shape index (κ1) is 10.8. The van der Waals surface area contributed by atoms with Gasteiger partial charge in [-0.05, 0) is 43.5 Å². The van der Waals surface area contributed by atoms with E-state index in [1.165, 1.54) is 0 Å². The van der Waals surface area contributed by atoms with Gasteiger partial charge < -0.3 is 0 Å². The van der Waals surface area contributed by atoms with Gasteiger partial charge in [-0.2, -0.15) is 0 Å². The first-order valence-electron chi connectivity index (χ1n) is 4.77. The van der Waals surface area contributed by atoms with Crippen molar-refractivity contribution in [1.29, 1.82) is 0 Å². The summed E-state index contributed by atoms with van der Waals surface area (Å²) in [4.78, 5) is 0. The van der Waals surface area contributed by atoms with Crippen LogP contribution in [0.15, 0.2) is 18.2 Å². The largest absolute Gasteiger partial charge is 0.283 e. The van der Waals surface area contributed by atoms with E-state index in [2.05, 4.69) is 4.72 Å². The average molecular weight is 246 g/mol. The van der Waals surface area contributed by atoms with Crippen molar-refractivity contribution in [2.24, 2.45) is 0 Å². The van der Waals surface area contributed by atoms with Crippen LogP contribution in [0.2, 0.25) is 5.02 Å². The smallest absolute Gasteiger partial charge is 0.235 e. The molecular weight excluding hydrogens is 234 g/mol. The first-order valence-corrected chi connectivity index (χ1v) is 6.69. The average Bonchev–Trinajstić information content (AvgIpc) is 2.92. The number of nitrogens with one attached hydrogen (secondary N) is 1. The SMILES string of the molecule is Cc1cc(Cl)ccc1NS(=O)(=O)C1CC1. The summed E-state index contributed by atoms with van der Waals surface area (Å²) in [5.41, 5.74) is 1.46. The highest BCUT2D eigenvalue weighted by Gasteiger charge is 2.35. The number of hydrogen-bond donors (Lipinski definition) is 1. The van der Waals surface area contributed by atoms with Crippen molar-refractivity contribution in [3.63, 3.8) is 0 Å². The molecule has 15 heavy (non-hydrogen) atoms. The molecule has 1 N–H and O–H groups in total. The van der Waals surface area contributed by atoms with Crippen molar-refractivity contribution in [2.45, 2.75) is 25.0 Å². The highest BCUT2D eigenvalue weighted by Crippen LogP contribution is 2.30. The molecule has 0 saturated heterocycles. The third-order valence-electron chi connectivity index (χ3n) is 2.40. The maximum absolute atomic E-state index is 11.7. The van der Waals surface area contributed by atoms with Crippen LogP contribution < -0.4 is 4.72 Å². The van der Waals surface area contributed by atoms with Crippen LogP contribution in [0, 0.1) is 6.92 Å². The summed E-state index contributed by atoms with van der Waals surface area (Å²) in [7, 11) is -3.17. The van der Waals surface area contributed by atoms with E-state index in [-0.39, 0.29) is 5.25 Å². The summed E-state index contributed by atoms with van der Waals surface area (Å²) in [5.74, 6) is 0. The molecule has 1 saturated carbocycles. The number of aryl methyl sites for hydroxylation is 1. The third-order valence-corrected chi connectivity index (χ3v) is 4.49. The minimum Gasteiger partial charge on any atom is -0.283 e. The Morgan fingerprint density at radius 1 is 1.40 bits per heavy atom. The molecule has 1 aliphatic carbocycles. The minimum absolute atomic E-state index is 0.201. The normalized spacial score (nSPS) is 16.4. The van der Waals surface area contributed by atoms with Gasteiger partial charge in [-0.25, -0.2) is 8.42 Å². The van der Waals surface area contributed by atoms with E-state index in [4.69, 9.17) is 11.6 Å². The Morgan fingerprint density at radius 3 is 2.60 bits per heavy atom. The molecule has 0 heterocycles. The molecule has 1 aliphatic rings. The van der Waals surface area contributed by atoms with Crippen molar-refractivity contribution >= 4 is 27.3 Å². The molecule has 0 unspecified atom stereocenters. The summed E-state index contributed by atoms with van der Waals surface area (Å²) in [6.07, 6.45) is 1.53. The maximum Gasteiger partial charge on any atom is 0.235 e. The molecule has 82 valence electrons. The van der Waals surface area contributed by atoms with Gasteiger partial charge in [-0.1, -0.05) is 11.6 Å². The monoisotopic (exact) mass is 245 g/mol. The molecule has 3 nitrogen and oxygen atoms in total. The number of sulfonamides is 1. The van der Waals surface area contributed by atoms with Crippen LogP contribution in [-0.4, -0.2) is 13.7 Å². The highest BCUT2D eigenvalue weighted by molar-refractivity contribution is 7.93. The van der Waals surface area contributed by atoms with Gasteiger partial charge in [0.25, 0.3) is 0 Å². The van der Waals surface area contributed by atoms with Crippen molar-refractivity contribution in [1.82, 2.24) is 0 Å². The zero-order chi connectivity index (χ0) is 11.1. The predicted molar refractivity (Wildman–Crippen MR) is 61.8 cm³/mol. The van der Waals surface area contributed by atoms with Gasteiger partial charge in [0, 0.05) is 5.02 Å². The number of hydrogen-bond acceptors (Lipinski definition) is 2. The molecular formula is C10H12ClNO2S. The van der Waals surface area contributed by atoms with E-state index >= 15 is 0 Å². The summed E-state index contributed by atoms with van der Waals surface area (Å²) < 4.78 is 25.9. The number of benzene rings is 1. The number of rotatable bonds is 3. The van der Waals surface area contributed by atoms with Crippen LogP contribution in [0.25, 0.3) is 0 Å². The van der Waals surface area contributed by atoms with Crippen LogP contribution in [0.5, 0.6) is 0 Å². The third kappa shape index (κ3) is 2.44. The van der Waals surface area contributed by atoms with E-state index in [0.717, 1.165) is 18.4 Å². The Labute approximate surface area is 94.5 Å². The minimum atomic E-state index is -3.17. The van der Waals surface area contributed by atoms with Crippen molar-refractivity contribution in [2.75, 3.05) is 4.72 Å². The number of halogens is 1. The maximum atomic E-state index is 11.7. The van der Waals surface area contributed by atoms with Crippen LogP contribution in [0.1, 0.15) is 18.4 Å². The lowest BCUT2D eigenvalue weighted by atomic mass is 10.2. The molecule has 0 bridgehead atoms. The standard InChI is InChI=1S/C10H12ClNO2S/c1-7-6-8(11)2-5-10(7)12-15(13,14)9-3-4-9/h2,5-6,9,12H,3-4H2,1H3. The van der Waals surface area contributed by atoms with Crippen molar-refractivity contribution in [3.05, 3.63) is 28.8 Å². The van der Waals surface area contributed by atoms with Gasteiger partial charge in [-0.3, -0.25) is 4.72 Å². The zero-order valence-corrected chi connectivity index (χ0v) is 9.90. The second-order valence-corrected chi connectivity index (χ2v) is 6.20. The fourth-order valence-corrected chi connectivity index (χ4v) is 3.04. The molecule has 0 amide bonds. The summed E-state index contributed by atoms with van der Waals surface area (Å²) in [6, 6.07) is 5.11. The van der Waals surface area contributed by atoms with E-state index in [9.17, 15) is 8.42 Å². The molecule has 0 spiro atoms. The van der Waals surface area contributed by atoms with E-state index in [0.29, 0.717) is 10.7 Å². The zero-order valence-electron chi connectivity index (χ0n) is 8.33. The van der Waals surface area contributed by atoms with Crippen molar-refractivity contribution < 1.29 is 8.42 Å². The van der Waals surface area contributed by atoms with Crippen LogP contribution >= 0.6 is 11.6 Å². The highest BCUT2D eigenvalue weighted by atomic mass is 35.5. The van der Waals surface area contributed by atoms with Crippen LogP contribution in [0.4, 0.5) is 5.69 Å². The molecule has 1 aromatic rings. The Bertz CT molecular complexity index is 480. The van der Waals surface area contributed by atoms with Gasteiger partial charge in [0.2, 0.25) is 10.0 Å². The Kier molecular flexibility index (Phi) is 2.64. The molecule has 2 rings (SSSR count). The molecule has 0 atom stereocenters. The second kappa shape index (κ2) is 3.68. The van der Waals surface area contributed by atoms with Gasteiger partial charge in [0.15, 0.2) is 0 Å². The number of anilines is 1. The summed E-state index contributed by atoms with van der Waals surface area (Å²) in [5, 5.41) is 0.412. The fourth-order valence-electron chi connectivity index (χ4n) is 1.36. The molecule has 1 aromatic carbocycles. The second-order valence-electron chi connectivity index (χ2n) is 3.81. The molecule has 1 fully saturated rings. The quantitative estimate of drug-likeness (QED) is 0.890.